The molecule has 0 N–H and O–H groups in total. The minimum atomic E-state index is -4.73. The van der Waals surface area contributed by atoms with Gasteiger partial charge in [-0.05, 0) is 6.07 Å². The summed E-state index contributed by atoms with van der Waals surface area (Å²) in [5.74, 6) is -1.11. The summed E-state index contributed by atoms with van der Waals surface area (Å²) in [6, 6.07) is 12.3. The van der Waals surface area contributed by atoms with Crippen LogP contribution in [0, 0.1) is 10.1 Å². The summed E-state index contributed by atoms with van der Waals surface area (Å²) in [4.78, 5) is 28.9. The van der Waals surface area contributed by atoms with Crippen LogP contribution in [0.2, 0.25) is 0 Å². The molecular formula is C17H11F3N2O4. The molecule has 0 saturated heterocycles. The zero-order valence-electron chi connectivity index (χ0n) is 13.1. The van der Waals surface area contributed by atoms with Gasteiger partial charge in [0.05, 0.1) is 16.3 Å². The lowest BCUT2D eigenvalue weighted by molar-refractivity contribution is -0.718. The molecule has 0 fully saturated rings. The Balaban J connectivity index is 2.10. The molecule has 0 bridgehead atoms. The van der Waals surface area contributed by atoms with Crippen LogP contribution in [0.3, 0.4) is 0 Å². The number of Topliss-reactive ketones (excluding diaryl/α,β-unsaturated/α-hetero) is 1. The van der Waals surface area contributed by atoms with Crippen LogP contribution < -0.4 is 0 Å². The van der Waals surface area contributed by atoms with E-state index in [9.17, 15) is 28.1 Å². The highest BCUT2D eigenvalue weighted by molar-refractivity contribution is 6.14. The number of hydrazine groups is 1. The first-order valence-corrected chi connectivity index (χ1v) is 7.38. The van der Waals surface area contributed by atoms with Gasteiger partial charge < -0.3 is 4.84 Å². The number of benzene rings is 2. The monoisotopic (exact) mass is 364 g/mol. The Bertz CT molecular complexity index is 894. The molecule has 0 unspecified atom stereocenters. The van der Waals surface area contributed by atoms with Gasteiger partial charge in [0.2, 0.25) is 0 Å². The first-order valence-electron chi connectivity index (χ1n) is 7.38. The molecular weight excluding hydrogens is 353 g/mol. The topological polar surface area (TPSA) is 72.7 Å². The third-order valence-electron chi connectivity index (χ3n) is 3.73. The molecule has 134 valence electrons. The fraction of sp³-hybridized carbons (Fsp3) is 0.118. The molecule has 1 aliphatic rings. The molecule has 0 saturated carbocycles. The van der Waals surface area contributed by atoms with E-state index in [1.165, 1.54) is 12.1 Å². The van der Waals surface area contributed by atoms with Gasteiger partial charge in [-0.15, -0.1) is 0 Å². The molecule has 0 spiro atoms. The summed E-state index contributed by atoms with van der Waals surface area (Å²) < 4.78 is 39.6. The van der Waals surface area contributed by atoms with Gasteiger partial charge in [0.25, 0.3) is 0 Å². The van der Waals surface area contributed by atoms with Crippen LogP contribution in [0.5, 0.6) is 0 Å². The number of nitrogens with zero attached hydrogens (tertiary/aromatic N) is 2. The number of hydrogen-bond acceptors (Lipinski definition) is 4. The van der Waals surface area contributed by atoms with Crippen LogP contribution >= 0.6 is 0 Å². The Morgan fingerprint density at radius 3 is 2.31 bits per heavy atom. The summed E-state index contributed by atoms with van der Waals surface area (Å²) in [5.41, 5.74) is -1.56. The predicted octanol–water partition coefficient (Wildman–Crippen LogP) is 3.74. The van der Waals surface area contributed by atoms with Gasteiger partial charge in [0.15, 0.2) is 23.1 Å². The average molecular weight is 364 g/mol. The fourth-order valence-corrected chi connectivity index (χ4v) is 2.57. The Morgan fingerprint density at radius 2 is 1.69 bits per heavy atom. The molecule has 0 atom stereocenters. The van der Waals surface area contributed by atoms with E-state index in [1.807, 2.05) is 0 Å². The first kappa shape index (κ1) is 17.5. The molecule has 3 rings (SSSR count). The number of hydroxylamine groups is 1. The molecule has 0 amide bonds. The van der Waals surface area contributed by atoms with Gasteiger partial charge in [-0.2, -0.15) is 13.2 Å². The zero-order valence-corrected chi connectivity index (χ0v) is 13.1. The SMILES string of the molecule is O=C(C1=C(c2ccccc2)ON([N+](=O)[O-])C1)c1ccccc1C(F)(F)F. The zero-order chi connectivity index (χ0) is 18.9. The highest BCUT2D eigenvalue weighted by Gasteiger charge is 2.40. The Labute approximate surface area is 145 Å². The van der Waals surface area contributed by atoms with E-state index < -0.39 is 34.7 Å². The van der Waals surface area contributed by atoms with Gasteiger partial charge in [0.1, 0.15) is 0 Å². The molecule has 0 aromatic heterocycles. The van der Waals surface area contributed by atoms with Gasteiger partial charge in [0, 0.05) is 11.1 Å². The van der Waals surface area contributed by atoms with Crippen LogP contribution in [-0.2, 0) is 11.0 Å². The standard InChI is InChI=1S/C17H11F3N2O4/c18-17(19,20)14-9-5-4-8-12(14)15(23)13-10-21(22(24)25)26-16(13)11-6-2-1-3-7-11/h1-9H,10H2. The average Bonchev–Trinajstić information content (AvgIpc) is 3.07. The summed E-state index contributed by atoms with van der Waals surface area (Å²) in [6.45, 7) is -0.567. The van der Waals surface area contributed by atoms with E-state index in [0.29, 0.717) is 10.7 Å². The van der Waals surface area contributed by atoms with E-state index >= 15 is 0 Å². The smallest absolute Gasteiger partial charge is 0.327 e. The van der Waals surface area contributed by atoms with Crippen LogP contribution in [0.25, 0.3) is 5.76 Å². The Kier molecular flexibility index (Phi) is 4.37. The normalized spacial score (nSPS) is 14.3. The largest absolute Gasteiger partial charge is 0.417 e. The number of carbonyl (C=O) groups is 1. The summed E-state index contributed by atoms with van der Waals surface area (Å²) >= 11 is 0. The quantitative estimate of drug-likeness (QED) is 0.469. The number of carbonyl (C=O) groups excluding carboxylic acids is 1. The van der Waals surface area contributed by atoms with Gasteiger partial charge in [-0.25, -0.2) is 10.1 Å². The number of ketones is 1. The van der Waals surface area contributed by atoms with Crippen LogP contribution in [0.4, 0.5) is 13.2 Å². The second-order valence-electron chi connectivity index (χ2n) is 5.39. The highest BCUT2D eigenvalue weighted by Crippen LogP contribution is 2.36. The first-order chi connectivity index (χ1) is 12.3. The van der Waals surface area contributed by atoms with Crippen molar-refractivity contribution in [2.45, 2.75) is 6.18 Å². The summed E-state index contributed by atoms with van der Waals surface area (Å²) in [6.07, 6.45) is -4.73. The van der Waals surface area contributed by atoms with Crippen molar-refractivity contribution in [1.82, 2.24) is 5.17 Å². The number of halogens is 3. The van der Waals surface area contributed by atoms with Crippen molar-refractivity contribution in [1.29, 1.82) is 0 Å². The number of nitro groups is 1. The second-order valence-corrected chi connectivity index (χ2v) is 5.39. The lowest BCUT2D eigenvalue weighted by Gasteiger charge is -2.12. The van der Waals surface area contributed by atoms with Crippen molar-refractivity contribution >= 4 is 11.5 Å². The van der Waals surface area contributed by atoms with E-state index in [4.69, 9.17) is 4.84 Å². The number of hydrogen-bond donors (Lipinski definition) is 0. The van der Waals surface area contributed by atoms with E-state index in [0.717, 1.165) is 12.1 Å². The second kappa shape index (κ2) is 6.51. The molecule has 0 radical (unpaired) electrons. The van der Waals surface area contributed by atoms with Crippen molar-refractivity contribution in [3.05, 3.63) is 87.0 Å². The van der Waals surface area contributed by atoms with Crippen molar-refractivity contribution < 1.29 is 27.8 Å². The minimum absolute atomic E-state index is 0.135. The van der Waals surface area contributed by atoms with Crippen LogP contribution in [0.15, 0.2) is 60.2 Å². The van der Waals surface area contributed by atoms with Gasteiger partial charge in [-0.1, -0.05) is 48.5 Å². The third kappa shape index (κ3) is 3.23. The van der Waals surface area contributed by atoms with E-state index in [-0.39, 0.29) is 11.3 Å². The maximum absolute atomic E-state index is 13.2. The molecule has 9 heteroatoms. The fourth-order valence-electron chi connectivity index (χ4n) is 2.57. The Hall–Kier alpha value is -3.36. The lowest BCUT2D eigenvalue weighted by atomic mass is 9.96. The molecule has 1 aliphatic heterocycles. The highest BCUT2D eigenvalue weighted by atomic mass is 19.4. The molecule has 26 heavy (non-hydrogen) atoms. The predicted molar refractivity (Wildman–Crippen MR) is 83.9 cm³/mol. The molecule has 2 aromatic carbocycles. The third-order valence-corrected chi connectivity index (χ3v) is 3.73. The van der Waals surface area contributed by atoms with E-state index in [2.05, 4.69) is 0 Å². The van der Waals surface area contributed by atoms with Gasteiger partial charge >= 0.3 is 6.18 Å². The molecule has 1 heterocycles. The molecule has 6 nitrogen and oxygen atoms in total. The summed E-state index contributed by atoms with van der Waals surface area (Å²) in [5, 5.41) is 10.4. The van der Waals surface area contributed by atoms with Gasteiger partial charge in [-0.3, -0.25) is 4.79 Å². The molecule has 2 aromatic rings. The van der Waals surface area contributed by atoms with Crippen molar-refractivity contribution in [2.24, 2.45) is 0 Å². The van der Waals surface area contributed by atoms with Crippen LogP contribution in [0.1, 0.15) is 21.5 Å². The number of rotatable bonds is 4. The van der Waals surface area contributed by atoms with Crippen molar-refractivity contribution in [3.8, 4) is 0 Å². The molecule has 0 aliphatic carbocycles. The summed E-state index contributed by atoms with van der Waals surface area (Å²) in [7, 11) is 0. The number of alkyl halides is 3. The Morgan fingerprint density at radius 1 is 1.08 bits per heavy atom. The van der Waals surface area contributed by atoms with Crippen LogP contribution in [-0.4, -0.2) is 22.5 Å². The van der Waals surface area contributed by atoms with E-state index in [1.54, 1.807) is 30.3 Å². The lowest BCUT2D eigenvalue weighted by Crippen LogP contribution is -2.27. The minimum Gasteiger partial charge on any atom is -0.327 e. The maximum Gasteiger partial charge on any atom is 0.417 e. The van der Waals surface area contributed by atoms with Crippen molar-refractivity contribution in [2.75, 3.05) is 6.54 Å². The van der Waals surface area contributed by atoms with Crippen molar-refractivity contribution in [3.63, 3.8) is 0 Å². The maximum atomic E-state index is 13.2.